The van der Waals surface area contributed by atoms with Gasteiger partial charge in [-0.2, -0.15) is 0 Å². The van der Waals surface area contributed by atoms with Crippen LogP contribution in [0, 0.1) is 0 Å². The Hall–Kier alpha value is -1.64. The lowest BCUT2D eigenvalue weighted by Gasteiger charge is -2.10. The number of aromatic hydroxyl groups is 1. The average Bonchev–Trinajstić information content (AvgIpc) is 2.76. The van der Waals surface area contributed by atoms with Gasteiger partial charge in [0.15, 0.2) is 0 Å². The number of nitrogens with zero attached hydrogens (tertiary/aromatic N) is 1. The first-order chi connectivity index (χ1) is 9.40. The van der Waals surface area contributed by atoms with Crippen LogP contribution in [0.3, 0.4) is 0 Å². The smallest absolute Gasteiger partial charge is 0.238 e. The molecule has 1 heterocycles. The summed E-state index contributed by atoms with van der Waals surface area (Å²) in [6.45, 7) is 2.30. The van der Waals surface area contributed by atoms with Crippen molar-refractivity contribution < 1.29 is 18.3 Å². The summed E-state index contributed by atoms with van der Waals surface area (Å²) in [6, 6.07) is 4.45. The maximum Gasteiger partial charge on any atom is 0.238 e. The zero-order valence-corrected chi connectivity index (χ0v) is 12.4. The average molecular weight is 314 g/mol. The second-order valence-corrected chi connectivity index (χ2v) is 6.53. The molecule has 0 amide bonds. The number of rotatable bonds is 5. The highest BCUT2D eigenvalue weighted by Crippen LogP contribution is 2.27. The van der Waals surface area contributed by atoms with Gasteiger partial charge in [0, 0.05) is 12.0 Å². The molecule has 0 radical (unpaired) electrons. The summed E-state index contributed by atoms with van der Waals surface area (Å²) in [6.07, 6.45) is 0.365. The summed E-state index contributed by atoms with van der Waals surface area (Å²) < 4.78 is 28.3. The lowest BCUT2D eigenvalue weighted by molar-refractivity contribution is 0.336. The van der Waals surface area contributed by atoms with Gasteiger partial charge in [0.25, 0.3) is 0 Å². The molecule has 1 aromatic heterocycles. The van der Waals surface area contributed by atoms with Crippen molar-refractivity contribution in [1.82, 2.24) is 4.98 Å². The van der Waals surface area contributed by atoms with Crippen LogP contribution in [0.15, 0.2) is 28.5 Å². The van der Waals surface area contributed by atoms with Crippen LogP contribution in [0.4, 0.5) is 0 Å². The lowest BCUT2D eigenvalue weighted by Crippen LogP contribution is -2.12. The Morgan fingerprint density at radius 2 is 2.20 bits per heavy atom. The van der Waals surface area contributed by atoms with Crippen molar-refractivity contribution in [3.63, 3.8) is 0 Å². The highest BCUT2D eigenvalue weighted by Gasteiger charge is 2.14. The van der Waals surface area contributed by atoms with Crippen molar-refractivity contribution in [2.45, 2.75) is 18.2 Å². The molecule has 0 saturated heterocycles. The number of thiazole rings is 1. The van der Waals surface area contributed by atoms with E-state index in [1.165, 1.54) is 28.8 Å². The second kappa shape index (κ2) is 5.78. The molecule has 0 fully saturated rings. The van der Waals surface area contributed by atoms with Crippen LogP contribution in [-0.2, 0) is 16.4 Å². The van der Waals surface area contributed by atoms with E-state index in [0.717, 1.165) is 0 Å². The molecule has 8 heteroatoms. The van der Waals surface area contributed by atoms with Gasteiger partial charge in [0.1, 0.15) is 10.8 Å². The number of hydrogen-bond acceptors (Lipinski definition) is 6. The van der Waals surface area contributed by atoms with Crippen LogP contribution >= 0.6 is 11.3 Å². The molecule has 2 rings (SSSR count). The van der Waals surface area contributed by atoms with Gasteiger partial charge in [0.2, 0.25) is 15.9 Å². The minimum Gasteiger partial charge on any atom is -0.494 e. The molecule has 20 heavy (non-hydrogen) atoms. The predicted molar refractivity (Wildman–Crippen MR) is 75.6 cm³/mol. The van der Waals surface area contributed by atoms with Crippen LogP contribution in [0.5, 0.6) is 11.6 Å². The van der Waals surface area contributed by atoms with Gasteiger partial charge < -0.3 is 9.84 Å². The van der Waals surface area contributed by atoms with E-state index in [0.29, 0.717) is 29.3 Å². The molecule has 1 aromatic carbocycles. The molecule has 0 aliphatic rings. The highest BCUT2D eigenvalue weighted by molar-refractivity contribution is 7.89. The fraction of sp³-hybridized carbons (Fsp3) is 0.250. The van der Waals surface area contributed by atoms with Gasteiger partial charge in [-0.1, -0.05) is 0 Å². The summed E-state index contributed by atoms with van der Waals surface area (Å²) in [5.74, 6) is 0.528. The fourth-order valence-electron chi connectivity index (χ4n) is 1.71. The molecule has 0 aliphatic heterocycles. The molecule has 3 N–H and O–H groups in total. The maximum absolute atomic E-state index is 11.4. The zero-order chi connectivity index (χ0) is 14.8. The zero-order valence-electron chi connectivity index (χ0n) is 10.7. The van der Waals surface area contributed by atoms with E-state index in [1.807, 2.05) is 6.92 Å². The molecule has 0 saturated carbocycles. The quantitative estimate of drug-likeness (QED) is 0.870. The standard InChI is InChI=1S/C12H14N2O4S2/c1-2-18-10-4-3-9(20(13,16)17)5-8(10)6-12-14-11(15)7-19-12/h3-5,7,15H,2,6H2,1H3,(H2,13,16,17). The molecule has 0 aliphatic carbocycles. The van der Waals surface area contributed by atoms with Gasteiger partial charge in [-0.25, -0.2) is 18.5 Å². The molecule has 0 bridgehead atoms. The number of nitrogens with two attached hydrogens (primary N) is 1. The monoisotopic (exact) mass is 314 g/mol. The molecule has 2 aromatic rings. The lowest BCUT2D eigenvalue weighted by atomic mass is 10.1. The van der Waals surface area contributed by atoms with Crippen LogP contribution in [0.1, 0.15) is 17.5 Å². The summed E-state index contributed by atoms with van der Waals surface area (Å²) in [7, 11) is -3.77. The molecule has 108 valence electrons. The first-order valence-corrected chi connectivity index (χ1v) is 8.24. The van der Waals surface area contributed by atoms with E-state index in [9.17, 15) is 13.5 Å². The van der Waals surface area contributed by atoms with Crippen molar-refractivity contribution in [3.8, 4) is 11.6 Å². The Bertz CT molecular complexity index is 710. The number of aromatic nitrogens is 1. The molecular weight excluding hydrogens is 300 g/mol. The number of primary sulfonamides is 1. The summed E-state index contributed by atoms with van der Waals surface area (Å²) in [4.78, 5) is 3.96. The molecular formula is C12H14N2O4S2. The summed E-state index contributed by atoms with van der Waals surface area (Å²) in [5.41, 5.74) is 0.660. The second-order valence-electron chi connectivity index (χ2n) is 4.02. The first-order valence-electron chi connectivity index (χ1n) is 5.82. The topological polar surface area (TPSA) is 103 Å². The molecule has 6 nitrogen and oxygen atoms in total. The van der Waals surface area contributed by atoms with E-state index >= 15 is 0 Å². The van der Waals surface area contributed by atoms with Gasteiger partial charge in [-0.15, -0.1) is 11.3 Å². The third kappa shape index (κ3) is 3.47. The van der Waals surface area contributed by atoms with Gasteiger partial charge in [0.05, 0.1) is 16.9 Å². The minimum atomic E-state index is -3.77. The fourth-order valence-corrected chi connectivity index (χ4v) is 2.96. The van der Waals surface area contributed by atoms with E-state index in [1.54, 1.807) is 6.07 Å². The van der Waals surface area contributed by atoms with Crippen LogP contribution < -0.4 is 9.88 Å². The Morgan fingerprint density at radius 3 is 2.75 bits per heavy atom. The van der Waals surface area contributed by atoms with E-state index in [4.69, 9.17) is 9.88 Å². The Kier molecular flexibility index (Phi) is 4.26. The van der Waals surface area contributed by atoms with Gasteiger partial charge in [-0.05, 0) is 25.1 Å². The Balaban J connectivity index is 2.41. The molecule has 0 atom stereocenters. The van der Waals surface area contributed by atoms with Gasteiger partial charge in [-0.3, -0.25) is 0 Å². The van der Waals surface area contributed by atoms with Crippen molar-refractivity contribution in [1.29, 1.82) is 0 Å². The van der Waals surface area contributed by atoms with E-state index in [-0.39, 0.29) is 10.8 Å². The highest BCUT2D eigenvalue weighted by atomic mass is 32.2. The van der Waals surface area contributed by atoms with E-state index in [2.05, 4.69) is 4.98 Å². The van der Waals surface area contributed by atoms with Crippen LogP contribution in [-0.4, -0.2) is 25.1 Å². The van der Waals surface area contributed by atoms with Crippen molar-refractivity contribution >= 4 is 21.4 Å². The molecule has 0 unspecified atom stereocenters. The molecule has 0 spiro atoms. The Labute approximate surface area is 120 Å². The Morgan fingerprint density at radius 1 is 1.45 bits per heavy atom. The summed E-state index contributed by atoms with van der Waals surface area (Å²) in [5, 5.41) is 16.5. The normalized spacial score (nSPS) is 11.5. The van der Waals surface area contributed by atoms with Crippen LogP contribution in [0.25, 0.3) is 0 Å². The number of ether oxygens (including phenoxy) is 1. The SMILES string of the molecule is CCOc1ccc(S(N)(=O)=O)cc1Cc1nc(O)cs1. The van der Waals surface area contributed by atoms with Crippen molar-refractivity contribution in [3.05, 3.63) is 34.2 Å². The summed E-state index contributed by atoms with van der Waals surface area (Å²) >= 11 is 1.29. The largest absolute Gasteiger partial charge is 0.494 e. The maximum atomic E-state index is 11.4. The van der Waals surface area contributed by atoms with Crippen LogP contribution in [0.2, 0.25) is 0 Å². The van der Waals surface area contributed by atoms with E-state index < -0.39 is 10.0 Å². The predicted octanol–water partition coefficient (Wildman–Crippen LogP) is 1.49. The van der Waals surface area contributed by atoms with Crippen molar-refractivity contribution in [2.75, 3.05) is 6.61 Å². The minimum absolute atomic E-state index is 0.0248. The van der Waals surface area contributed by atoms with Crippen molar-refractivity contribution in [2.24, 2.45) is 5.14 Å². The number of sulfonamides is 1. The number of benzene rings is 1. The third-order valence-electron chi connectivity index (χ3n) is 2.54. The third-order valence-corrected chi connectivity index (χ3v) is 4.29. The number of hydrogen-bond donors (Lipinski definition) is 2. The first kappa shape index (κ1) is 14.8. The van der Waals surface area contributed by atoms with Gasteiger partial charge >= 0.3 is 0 Å².